The van der Waals surface area contributed by atoms with Crippen LogP contribution >= 0.6 is 11.5 Å². The van der Waals surface area contributed by atoms with Crippen molar-refractivity contribution in [3.05, 3.63) is 46.7 Å². The van der Waals surface area contributed by atoms with E-state index in [9.17, 15) is 4.79 Å². The Morgan fingerprint density at radius 2 is 1.95 bits per heavy atom. The summed E-state index contributed by atoms with van der Waals surface area (Å²) >= 11 is 1.41. The normalized spacial score (nSPS) is 27.7. The van der Waals surface area contributed by atoms with Crippen molar-refractivity contribution in [2.45, 2.75) is 18.8 Å². The van der Waals surface area contributed by atoms with E-state index in [0.717, 1.165) is 17.5 Å². The first-order valence-electron chi connectivity index (χ1n) is 7.47. The van der Waals surface area contributed by atoms with Gasteiger partial charge >= 0.3 is 0 Å². The molecule has 4 heterocycles. The fourth-order valence-corrected chi connectivity index (χ4v) is 4.27. The molecule has 1 atom stereocenters. The molecule has 5 heteroatoms. The first-order chi connectivity index (χ1) is 10.3. The van der Waals surface area contributed by atoms with Crippen molar-refractivity contribution in [3.63, 3.8) is 0 Å². The Morgan fingerprint density at radius 3 is 2.62 bits per heavy atom. The number of fused-ring (bicyclic) bond motifs is 3. The van der Waals surface area contributed by atoms with Gasteiger partial charge in [-0.25, -0.2) is 4.98 Å². The molecule has 0 aliphatic carbocycles. The van der Waals surface area contributed by atoms with E-state index in [-0.39, 0.29) is 5.78 Å². The summed E-state index contributed by atoms with van der Waals surface area (Å²) in [5.74, 6) is 1.49. The predicted molar refractivity (Wildman–Crippen MR) is 81.7 cm³/mol. The first kappa shape index (κ1) is 13.1. The lowest BCUT2D eigenvalue weighted by Crippen LogP contribution is -2.46. The van der Waals surface area contributed by atoms with Gasteiger partial charge in [-0.3, -0.25) is 4.79 Å². The third kappa shape index (κ3) is 2.40. The number of aromatic nitrogens is 2. The molecular weight excluding hydrogens is 282 g/mol. The van der Waals surface area contributed by atoms with Gasteiger partial charge in [-0.15, -0.1) is 0 Å². The summed E-state index contributed by atoms with van der Waals surface area (Å²) < 4.78 is 4.31. The van der Waals surface area contributed by atoms with Crippen molar-refractivity contribution in [2.24, 2.45) is 5.92 Å². The summed E-state index contributed by atoms with van der Waals surface area (Å²) in [4.78, 5) is 19.4. The van der Waals surface area contributed by atoms with Crippen LogP contribution in [0.3, 0.4) is 0 Å². The van der Waals surface area contributed by atoms with Crippen LogP contribution in [-0.4, -0.2) is 39.7 Å². The van der Waals surface area contributed by atoms with Crippen molar-refractivity contribution < 1.29 is 4.79 Å². The molecule has 1 aromatic carbocycles. The van der Waals surface area contributed by atoms with Crippen LogP contribution in [0.15, 0.2) is 30.3 Å². The largest absolute Gasteiger partial charge is 0.303 e. The Labute approximate surface area is 128 Å². The van der Waals surface area contributed by atoms with E-state index < -0.39 is 0 Å². The number of rotatable bonds is 3. The zero-order chi connectivity index (χ0) is 14.2. The molecule has 3 saturated heterocycles. The minimum absolute atomic E-state index is 0.0700. The third-order valence-electron chi connectivity index (χ3n) is 4.65. The molecule has 2 bridgehead atoms. The second kappa shape index (κ2) is 5.31. The number of ketones is 1. The Kier molecular flexibility index (Phi) is 3.31. The predicted octanol–water partition coefficient (Wildman–Crippen LogP) is 2.58. The number of nitrogens with zero attached hydrogens (tertiary/aromatic N) is 3. The lowest BCUT2D eigenvalue weighted by Gasteiger charge is -2.43. The molecule has 4 nitrogen and oxygen atoms in total. The van der Waals surface area contributed by atoms with E-state index in [1.165, 1.54) is 37.5 Å². The Balaban J connectivity index is 1.57. The number of hydrogen-bond donors (Lipinski definition) is 0. The smallest absolute Gasteiger partial charge is 0.231 e. The zero-order valence-electron chi connectivity index (χ0n) is 11.7. The van der Waals surface area contributed by atoms with Gasteiger partial charge in [0.2, 0.25) is 11.6 Å². The van der Waals surface area contributed by atoms with Crippen molar-refractivity contribution in [2.75, 3.05) is 19.6 Å². The van der Waals surface area contributed by atoms with Gasteiger partial charge in [-0.2, -0.15) is 4.37 Å². The molecule has 0 amide bonds. The molecule has 3 aliphatic rings. The fourth-order valence-electron chi connectivity index (χ4n) is 3.44. The summed E-state index contributed by atoms with van der Waals surface area (Å²) in [6.45, 7) is 3.52. The van der Waals surface area contributed by atoms with Crippen LogP contribution in [0.4, 0.5) is 0 Å². The molecule has 21 heavy (non-hydrogen) atoms. The van der Waals surface area contributed by atoms with Gasteiger partial charge in [0, 0.05) is 18.0 Å². The van der Waals surface area contributed by atoms with Crippen LogP contribution in [0.5, 0.6) is 0 Å². The molecule has 0 saturated carbocycles. The second-order valence-electron chi connectivity index (χ2n) is 5.90. The minimum atomic E-state index is -0.0700. The average molecular weight is 299 g/mol. The molecule has 1 unspecified atom stereocenters. The molecule has 5 rings (SSSR count). The van der Waals surface area contributed by atoms with Crippen LogP contribution in [0.2, 0.25) is 0 Å². The molecule has 3 aliphatic heterocycles. The summed E-state index contributed by atoms with van der Waals surface area (Å²) in [5.41, 5.74) is 0.663. The number of carbonyl (C=O) groups is 1. The van der Waals surface area contributed by atoms with Gasteiger partial charge in [0.25, 0.3) is 0 Å². The highest BCUT2D eigenvalue weighted by atomic mass is 32.1. The second-order valence-corrected chi connectivity index (χ2v) is 6.68. The van der Waals surface area contributed by atoms with Crippen LogP contribution in [0.1, 0.15) is 39.9 Å². The van der Waals surface area contributed by atoms with E-state index in [4.69, 9.17) is 0 Å². The van der Waals surface area contributed by atoms with Crippen molar-refractivity contribution in [1.29, 1.82) is 0 Å². The van der Waals surface area contributed by atoms with Crippen LogP contribution in [0.25, 0.3) is 0 Å². The standard InChI is InChI=1S/C16H17N3OS/c20-14(12-4-2-1-3-5-12)15-17-16(21-18-15)13-10-19-8-6-11(13)7-9-19/h1-5,11,13H,6-10H2. The maximum atomic E-state index is 12.4. The van der Waals surface area contributed by atoms with Crippen molar-refractivity contribution >= 4 is 17.3 Å². The van der Waals surface area contributed by atoms with Crippen LogP contribution < -0.4 is 0 Å². The van der Waals surface area contributed by atoms with Gasteiger partial charge in [-0.05, 0) is 43.4 Å². The molecule has 0 N–H and O–H groups in total. The Bertz CT molecular complexity index is 647. The Hall–Kier alpha value is -1.59. The molecule has 0 radical (unpaired) electrons. The van der Waals surface area contributed by atoms with Gasteiger partial charge in [0.05, 0.1) is 0 Å². The van der Waals surface area contributed by atoms with Gasteiger partial charge in [-0.1, -0.05) is 30.3 Å². The summed E-state index contributed by atoms with van der Waals surface area (Å²) in [6, 6.07) is 9.28. The maximum Gasteiger partial charge on any atom is 0.231 e. The van der Waals surface area contributed by atoms with E-state index >= 15 is 0 Å². The molecule has 3 fully saturated rings. The average Bonchev–Trinajstić information content (AvgIpc) is 3.06. The van der Waals surface area contributed by atoms with Gasteiger partial charge in [0.1, 0.15) is 5.01 Å². The van der Waals surface area contributed by atoms with E-state index in [0.29, 0.717) is 17.3 Å². The maximum absolute atomic E-state index is 12.4. The van der Waals surface area contributed by atoms with E-state index in [1.807, 2.05) is 30.3 Å². The quantitative estimate of drug-likeness (QED) is 0.817. The number of hydrogen-bond acceptors (Lipinski definition) is 5. The summed E-state index contributed by atoms with van der Waals surface area (Å²) in [6.07, 6.45) is 2.51. The SMILES string of the molecule is O=C(c1ccccc1)c1nsc(C2CN3CCC2CC3)n1. The molecule has 1 aromatic heterocycles. The molecule has 0 spiro atoms. The highest BCUT2D eigenvalue weighted by Gasteiger charge is 2.37. The lowest BCUT2D eigenvalue weighted by atomic mass is 9.79. The molecular formula is C16H17N3OS. The van der Waals surface area contributed by atoms with Crippen molar-refractivity contribution in [1.82, 2.24) is 14.3 Å². The third-order valence-corrected chi connectivity index (χ3v) is 5.50. The number of benzene rings is 1. The van der Waals surface area contributed by atoms with Gasteiger partial charge in [0.15, 0.2) is 0 Å². The highest BCUT2D eigenvalue weighted by molar-refractivity contribution is 7.05. The van der Waals surface area contributed by atoms with Crippen LogP contribution in [0, 0.1) is 5.92 Å². The van der Waals surface area contributed by atoms with E-state index in [2.05, 4.69) is 14.3 Å². The van der Waals surface area contributed by atoms with Crippen LogP contribution in [-0.2, 0) is 0 Å². The topological polar surface area (TPSA) is 46.1 Å². The number of piperidine rings is 3. The molecule has 108 valence electrons. The van der Waals surface area contributed by atoms with Crippen molar-refractivity contribution in [3.8, 4) is 0 Å². The monoisotopic (exact) mass is 299 g/mol. The fraction of sp³-hybridized carbons (Fsp3) is 0.438. The minimum Gasteiger partial charge on any atom is -0.303 e. The first-order valence-corrected chi connectivity index (χ1v) is 8.24. The highest BCUT2D eigenvalue weighted by Crippen LogP contribution is 2.39. The lowest BCUT2D eigenvalue weighted by molar-refractivity contribution is 0.0868. The number of carbonyl (C=O) groups excluding carboxylic acids is 1. The molecule has 2 aromatic rings. The zero-order valence-corrected chi connectivity index (χ0v) is 12.6. The summed E-state index contributed by atoms with van der Waals surface area (Å²) in [7, 11) is 0. The Morgan fingerprint density at radius 1 is 1.19 bits per heavy atom. The van der Waals surface area contributed by atoms with Gasteiger partial charge < -0.3 is 4.90 Å². The summed E-state index contributed by atoms with van der Waals surface area (Å²) in [5, 5.41) is 1.05. The van der Waals surface area contributed by atoms with E-state index in [1.54, 1.807) is 0 Å².